The van der Waals surface area contributed by atoms with Gasteiger partial charge < -0.3 is 15.0 Å². The van der Waals surface area contributed by atoms with Crippen molar-refractivity contribution in [2.45, 2.75) is 57.7 Å². The van der Waals surface area contributed by atoms with Crippen LogP contribution >= 0.6 is 7.75 Å². The average Bonchev–Trinajstić information content (AvgIpc) is 1.95. The third kappa shape index (κ3) is 3.26. The van der Waals surface area contributed by atoms with E-state index in [1.807, 2.05) is 27.7 Å². The van der Waals surface area contributed by atoms with Gasteiger partial charge in [0.2, 0.25) is 0 Å². The van der Waals surface area contributed by atoms with Crippen LogP contribution in [-0.2, 0) is 4.57 Å². The first-order valence-corrected chi connectivity index (χ1v) is 6.88. The Morgan fingerprint density at radius 1 is 1.19 bits per heavy atom. The van der Waals surface area contributed by atoms with Crippen molar-refractivity contribution in [3.05, 3.63) is 0 Å². The van der Waals surface area contributed by atoms with Crippen LogP contribution in [-0.4, -0.2) is 37.2 Å². The van der Waals surface area contributed by atoms with Gasteiger partial charge in [-0.15, -0.1) is 0 Å². The van der Waals surface area contributed by atoms with E-state index in [1.165, 1.54) is 5.06 Å². The molecule has 1 rings (SSSR count). The molecular weight excluding hydrogens is 231 g/mol. The zero-order chi connectivity index (χ0) is 12.8. The number of hydrogen-bond acceptors (Lipinski definition) is 3. The van der Waals surface area contributed by atoms with Crippen LogP contribution in [0.5, 0.6) is 0 Å². The lowest BCUT2D eigenvalue weighted by molar-refractivity contribution is -0.245. The molecule has 0 bridgehead atoms. The Morgan fingerprint density at radius 2 is 1.56 bits per heavy atom. The molecule has 96 valence electrons. The molecule has 0 aromatic heterocycles. The van der Waals surface area contributed by atoms with E-state index >= 15 is 0 Å². The molecule has 0 atom stereocenters. The van der Waals surface area contributed by atoms with E-state index in [2.05, 4.69) is 5.09 Å². The maximum Gasteiger partial charge on any atom is 0.400 e. The molecule has 0 saturated carbocycles. The van der Waals surface area contributed by atoms with Crippen molar-refractivity contribution in [1.82, 2.24) is 10.2 Å². The van der Waals surface area contributed by atoms with Crippen LogP contribution in [0.4, 0.5) is 0 Å². The molecule has 7 heteroatoms. The topological polar surface area (TPSA) is 93.0 Å². The van der Waals surface area contributed by atoms with E-state index in [4.69, 9.17) is 9.79 Å². The molecule has 1 saturated heterocycles. The Kier molecular flexibility index (Phi) is 3.57. The Hall–Kier alpha value is 0.0300. The molecule has 1 fully saturated rings. The van der Waals surface area contributed by atoms with Crippen LogP contribution in [0.2, 0.25) is 0 Å². The van der Waals surface area contributed by atoms with Crippen molar-refractivity contribution in [2.24, 2.45) is 0 Å². The molecule has 0 aliphatic carbocycles. The van der Waals surface area contributed by atoms with Crippen molar-refractivity contribution >= 4 is 7.75 Å². The van der Waals surface area contributed by atoms with Gasteiger partial charge in [0.25, 0.3) is 0 Å². The summed E-state index contributed by atoms with van der Waals surface area (Å²) in [4.78, 5) is 17.8. The highest BCUT2D eigenvalue weighted by molar-refractivity contribution is 7.49. The second kappa shape index (κ2) is 4.05. The van der Waals surface area contributed by atoms with Crippen molar-refractivity contribution in [3.8, 4) is 0 Å². The smallest absolute Gasteiger partial charge is 0.313 e. The standard InChI is InChI=1S/C9H21N2O4P/c1-8(2)5-7(10-16(13,14)15)6-9(3,4)11(8)12/h7,12H,5-6H2,1-4H3,(H3,10,13,14,15). The predicted octanol–water partition coefficient (Wildman–Crippen LogP) is 1.08. The summed E-state index contributed by atoms with van der Waals surface area (Å²) in [5.41, 5.74) is -1.01. The van der Waals surface area contributed by atoms with Gasteiger partial charge in [-0.2, -0.15) is 5.06 Å². The molecule has 0 spiro atoms. The molecule has 1 heterocycles. The molecule has 16 heavy (non-hydrogen) atoms. The first kappa shape index (κ1) is 14.1. The van der Waals surface area contributed by atoms with Gasteiger partial charge >= 0.3 is 7.75 Å². The molecular formula is C9H21N2O4P. The minimum Gasteiger partial charge on any atom is -0.313 e. The van der Waals surface area contributed by atoms with Crippen LogP contribution in [0.3, 0.4) is 0 Å². The lowest BCUT2D eigenvalue weighted by Crippen LogP contribution is -2.62. The summed E-state index contributed by atoms with van der Waals surface area (Å²) in [5.74, 6) is 0. The van der Waals surface area contributed by atoms with E-state index < -0.39 is 18.8 Å². The Morgan fingerprint density at radius 3 is 1.88 bits per heavy atom. The van der Waals surface area contributed by atoms with Crippen LogP contribution in [0, 0.1) is 0 Å². The van der Waals surface area contributed by atoms with Gasteiger partial charge in [0, 0.05) is 17.1 Å². The maximum absolute atomic E-state index is 10.9. The summed E-state index contributed by atoms with van der Waals surface area (Å²) >= 11 is 0. The Bertz CT molecular complexity index is 295. The summed E-state index contributed by atoms with van der Waals surface area (Å²) in [6, 6.07) is -0.297. The van der Waals surface area contributed by atoms with E-state index in [1.54, 1.807) is 0 Å². The van der Waals surface area contributed by atoms with Gasteiger partial charge in [0.05, 0.1) is 0 Å². The second-order valence-electron chi connectivity index (χ2n) is 5.71. The first-order chi connectivity index (χ1) is 6.94. The maximum atomic E-state index is 10.9. The van der Waals surface area contributed by atoms with Crippen LogP contribution in [0.15, 0.2) is 0 Å². The Labute approximate surface area is 95.8 Å². The van der Waals surface area contributed by atoms with Gasteiger partial charge in [0.1, 0.15) is 0 Å². The average molecular weight is 252 g/mol. The van der Waals surface area contributed by atoms with Gasteiger partial charge in [-0.3, -0.25) is 0 Å². The van der Waals surface area contributed by atoms with E-state index in [0.29, 0.717) is 12.8 Å². The summed E-state index contributed by atoms with van der Waals surface area (Å²) in [6.07, 6.45) is 0.968. The highest BCUT2D eigenvalue weighted by atomic mass is 31.2. The Balaban J connectivity index is 2.83. The van der Waals surface area contributed by atoms with Crippen LogP contribution in [0.25, 0.3) is 0 Å². The summed E-state index contributed by atoms with van der Waals surface area (Å²) in [5, 5.41) is 13.6. The lowest BCUT2D eigenvalue weighted by atomic mass is 9.79. The largest absolute Gasteiger partial charge is 0.400 e. The fourth-order valence-corrected chi connectivity index (χ4v) is 3.26. The number of rotatable bonds is 2. The molecule has 1 aliphatic heterocycles. The number of hydrogen-bond donors (Lipinski definition) is 4. The third-order valence-electron chi connectivity index (χ3n) is 2.99. The quantitative estimate of drug-likeness (QED) is 0.549. The van der Waals surface area contributed by atoms with Crippen LogP contribution in [0.1, 0.15) is 40.5 Å². The van der Waals surface area contributed by atoms with E-state index in [0.717, 1.165) is 0 Å². The fourth-order valence-electron chi connectivity index (χ4n) is 2.60. The summed E-state index contributed by atoms with van der Waals surface area (Å²) < 4.78 is 10.9. The SMILES string of the molecule is CC1(C)CC(NP(=O)(O)O)CC(C)(C)N1O. The normalized spacial score (nSPS) is 26.9. The summed E-state index contributed by atoms with van der Waals surface area (Å²) in [6.45, 7) is 7.40. The zero-order valence-corrected chi connectivity index (χ0v) is 11.0. The first-order valence-electron chi connectivity index (χ1n) is 5.27. The second-order valence-corrected chi connectivity index (χ2v) is 7.06. The van der Waals surface area contributed by atoms with Crippen molar-refractivity contribution in [1.29, 1.82) is 0 Å². The molecule has 0 aromatic rings. The zero-order valence-electron chi connectivity index (χ0n) is 10.1. The van der Waals surface area contributed by atoms with E-state index in [-0.39, 0.29) is 6.04 Å². The number of piperidine rings is 1. The van der Waals surface area contributed by atoms with Crippen molar-refractivity contribution in [2.75, 3.05) is 0 Å². The molecule has 0 radical (unpaired) electrons. The number of nitrogens with zero attached hydrogens (tertiary/aromatic N) is 1. The highest BCUT2D eigenvalue weighted by Crippen LogP contribution is 2.40. The highest BCUT2D eigenvalue weighted by Gasteiger charge is 2.46. The number of nitrogens with one attached hydrogen (secondary N) is 1. The minimum atomic E-state index is -4.22. The van der Waals surface area contributed by atoms with E-state index in [9.17, 15) is 9.77 Å². The monoisotopic (exact) mass is 252 g/mol. The molecule has 4 N–H and O–H groups in total. The molecule has 6 nitrogen and oxygen atoms in total. The van der Waals surface area contributed by atoms with Gasteiger partial charge in [-0.05, 0) is 40.5 Å². The van der Waals surface area contributed by atoms with Crippen molar-refractivity contribution < 1.29 is 19.6 Å². The summed E-state index contributed by atoms with van der Waals surface area (Å²) in [7, 11) is -4.22. The van der Waals surface area contributed by atoms with Gasteiger partial charge in [0.15, 0.2) is 0 Å². The minimum absolute atomic E-state index is 0.297. The van der Waals surface area contributed by atoms with Gasteiger partial charge in [-0.1, -0.05) is 0 Å². The fraction of sp³-hybridized carbons (Fsp3) is 1.00. The molecule has 0 aromatic carbocycles. The third-order valence-corrected chi connectivity index (χ3v) is 3.69. The van der Waals surface area contributed by atoms with Crippen molar-refractivity contribution in [3.63, 3.8) is 0 Å². The molecule has 0 unspecified atom stereocenters. The lowest BCUT2D eigenvalue weighted by Gasteiger charge is -2.51. The molecule has 0 amide bonds. The molecule has 1 aliphatic rings. The van der Waals surface area contributed by atoms with Crippen LogP contribution < -0.4 is 5.09 Å². The predicted molar refractivity (Wildman–Crippen MR) is 60.0 cm³/mol. The van der Waals surface area contributed by atoms with Gasteiger partial charge in [-0.25, -0.2) is 9.65 Å². The number of hydroxylamine groups is 2.